The van der Waals surface area contributed by atoms with Crippen LogP contribution in [-0.4, -0.2) is 61.0 Å². The molecule has 3 amide bonds. The van der Waals surface area contributed by atoms with E-state index in [-0.39, 0.29) is 29.7 Å². The molecule has 4 rings (SSSR count). The van der Waals surface area contributed by atoms with Crippen molar-refractivity contribution >= 4 is 17.7 Å². The minimum Gasteiger partial charge on any atom is -0.383 e. The number of carbonyl (C=O) groups excluding carboxylic acids is 3. The fraction of sp³-hybridized carbons (Fsp3) is 0.571. The van der Waals surface area contributed by atoms with Crippen molar-refractivity contribution in [3.8, 4) is 0 Å². The number of hydrogen-bond donors (Lipinski definition) is 3. The summed E-state index contributed by atoms with van der Waals surface area (Å²) in [5.41, 5.74) is 2.67. The predicted octanol–water partition coefficient (Wildman–Crippen LogP) is 0.306. The van der Waals surface area contributed by atoms with E-state index in [0.29, 0.717) is 31.7 Å². The lowest BCUT2D eigenvalue weighted by Gasteiger charge is -2.29. The van der Waals surface area contributed by atoms with Crippen LogP contribution in [0.25, 0.3) is 0 Å². The first-order valence-electron chi connectivity index (χ1n) is 10.2. The summed E-state index contributed by atoms with van der Waals surface area (Å²) < 4.78 is 5.39. The van der Waals surface area contributed by atoms with Gasteiger partial charge in [-0.05, 0) is 43.0 Å². The normalized spacial score (nSPS) is 26.7. The van der Waals surface area contributed by atoms with Crippen LogP contribution in [0.4, 0.5) is 0 Å². The van der Waals surface area contributed by atoms with Gasteiger partial charge in [0.15, 0.2) is 0 Å². The van der Waals surface area contributed by atoms with Crippen molar-refractivity contribution in [2.75, 3.05) is 26.8 Å². The van der Waals surface area contributed by atoms with Crippen molar-refractivity contribution in [2.24, 2.45) is 0 Å². The van der Waals surface area contributed by atoms with Crippen LogP contribution in [0.15, 0.2) is 18.2 Å². The molecule has 0 saturated carbocycles. The quantitative estimate of drug-likeness (QED) is 0.570. The zero-order chi connectivity index (χ0) is 20.4. The third-order valence-electron chi connectivity index (χ3n) is 6.13. The van der Waals surface area contributed by atoms with Gasteiger partial charge >= 0.3 is 0 Å². The van der Waals surface area contributed by atoms with Crippen molar-refractivity contribution in [3.05, 3.63) is 34.9 Å². The standard InChI is InChI=1S/C21H28N4O4/c1-29-13-21(7-2-8-23-21)12-22-10-14-3-4-16-15(9-14)11-25(20(16)28)17-5-6-18(26)24-19(17)27/h3-4,9,17,22-23H,2,5-8,10-13H2,1H3,(H,24,26,27). The summed E-state index contributed by atoms with van der Waals surface area (Å²) in [5.74, 6) is -0.785. The summed E-state index contributed by atoms with van der Waals surface area (Å²) >= 11 is 0. The van der Waals surface area contributed by atoms with E-state index in [2.05, 4.69) is 16.0 Å². The number of piperidine rings is 1. The maximum atomic E-state index is 12.8. The van der Waals surface area contributed by atoms with E-state index in [1.165, 1.54) is 0 Å². The van der Waals surface area contributed by atoms with E-state index in [1.54, 1.807) is 12.0 Å². The Hall–Kier alpha value is -2.29. The Bertz CT molecular complexity index is 819. The second-order valence-electron chi connectivity index (χ2n) is 8.24. The van der Waals surface area contributed by atoms with Gasteiger partial charge < -0.3 is 20.3 Å². The molecule has 0 bridgehead atoms. The molecule has 8 nitrogen and oxygen atoms in total. The highest BCUT2D eigenvalue weighted by Gasteiger charge is 2.39. The largest absolute Gasteiger partial charge is 0.383 e. The molecule has 1 aromatic rings. The fourth-order valence-electron chi connectivity index (χ4n) is 4.65. The predicted molar refractivity (Wildman–Crippen MR) is 106 cm³/mol. The maximum Gasteiger partial charge on any atom is 0.255 e. The molecule has 2 saturated heterocycles. The van der Waals surface area contributed by atoms with Gasteiger partial charge in [0.05, 0.1) is 12.1 Å². The average molecular weight is 400 g/mol. The summed E-state index contributed by atoms with van der Waals surface area (Å²) in [6.07, 6.45) is 2.89. The van der Waals surface area contributed by atoms with Crippen molar-refractivity contribution in [1.29, 1.82) is 0 Å². The smallest absolute Gasteiger partial charge is 0.255 e. The summed E-state index contributed by atoms with van der Waals surface area (Å²) in [5, 5.41) is 9.40. The Labute approximate surface area is 170 Å². The monoisotopic (exact) mass is 400 g/mol. The first-order chi connectivity index (χ1) is 14.0. The van der Waals surface area contributed by atoms with Gasteiger partial charge in [0.2, 0.25) is 11.8 Å². The topological polar surface area (TPSA) is 99.8 Å². The van der Waals surface area contributed by atoms with Crippen LogP contribution in [0.2, 0.25) is 0 Å². The van der Waals surface area contributed by atoms with Crippen molar-refractivity contribution in [1.82, 2.24) is 20.9 Å². The van der Waals surface area contributed by atoms with E-state index in [4.69, 9.17) is 4.74 Å². The molecule has 1 aromatic carbocycles. The number of imide groups is 1. The molecule has 8 heteroatoms. The molecule has 3 aliphatic rings. The Morgan fingerprint density at radius 2 is 2.17 bits per heavy atom. The molecule has 2 fully saturated rings. The lowest BCUT2D eigenvalue weighted by atomic mass is 9.98. The van der Waals surface area contributed by atoms with Gasteiger partial charge in [0.1, 0.15) is 6.04 Å². The highest BCUT2D eigenvalue weighted by atomic mass is 16.5. The number of ether oxygens (including phenoxy) is 1. The molecule has 0 aliphatic carbocycles. The average Bonchev–Trinajstić information content (AvgIpc) is 3.27. The SMILES string of the molecule is COCC1(CNCc2ccc3c(c2)CN(C2CCC(=O)NC2=O)C3=O)CCCN1. The van der Waals surface area contributed by atoms with Gasteiger partial charge in [-0.25, -0.2) is 0 Å². The summed E-state index contributed by atoms with van der Waals surface area (Å²) in [6, 6.07) is 5.27. The molecule has 3 aliphatic heterocycles. The van der Waals surface area contributed by atoms with Crippen molar-refractivity contribution in [3.63, 3.8) is 0 Å². The number of fused-ring (bicyclic) bond motifs is 1. The van der Waals surface area contributed by atoms with Gasteiger partial charge in [-0.2, -0.15) is 0 Å². The van der Waals surface area contributed by atoms with Crippen molar-refractivity contribution in [2.45, 2.75) is 50.4 Å². The van der Waals surface area contributed by atoms with E-state index in [1.807, 2.05) is 18.2 Å². The van der Waals surface area contributed by atoms with Gasteiger partial charge in [0.25, 0.3) is 5.91 Å². The molecule has 3 N–H and O–H groups in total. The van der Waals surface area contributed by atoms with Crippen LogP contribution in [-0.2, 0) is 27.4 Å². The van der Waals surface area contributed by atoms with Crippen molar-refractivity contribution < 1.29 is 19.1 Å². The Kier molecular flexibility index (Phi) is 5.67. The van der Waals surface area contributed by atoms with Crippen LogP contribution in [0.3, 0.4) is 0 Å². The van der Waals surface area contributed by atoms with Gasteiger partial charge in [-0.15, -0.1) is 0 Å². The first-order valence-corrected chi connectivity index (χ1v) is 10.2. The molecule has 2 atom stereocenters. The fourth-order valence-corrected chi connectivity index (χ4v) is 4.65. The molecule has 3 heterocycles. The molecule has 0 spiro atoms. The molecule has 29 heavy (non-hydrogen) atoms. The van der Waals surface area contributed by atoms with E-state index in [0.717, 1.165) is 37.1 Å². The number of methoxy groups -OCH3 is 1. The number of nitrogens with zero attached hydrogens (tertiary/aromatic N) is 1. The summed E-state index contributed by atoms with van der Waals surface area (Å²) in [7, 11) is 1.73. The highest BCUT2D eigenvalue weighted by molar-refractivity contribution is 6.05. The molecular formula is C21H28N4O4. The van der Waals surface area contributed by atoms with E-state index >= 15 is 0 Å². The molecule has 156 valence electrons. The number of benzene rings is 1. The van der Waals surface area contributed by atoms with Crippen LogP contribution < -0.4 is 16.0 Å². The van der Waals surface area contributed by atoms with Gasteiger partial charge in [0, 0.05) is 38.7 Å². The molecule has 2 unspecified atom stereocenters. The van der Waals surface area contributed by atoms with Crippen LogP contribution in [0.1, 0.15) is 47.2 Å². The summed E-state index contributed by atoms with van der Waals surface area (Å²) in [4.78, 5) is 37.9. The third-order valence-corrected chi connectivity index (χ3v) is 6.13. The maximum absolute atomic E-state index is 12.8. The minimum atomic E-state index is -0.573. The first kappa shape index (κ1) is 20.0. The Balaban J connectivity index is 1.38. The number of carbonyl (C=O) groups is 3. The zero-order valence-corrected chi connectivity index (χ0v) is 16.8. The molecular weight excluding hydrogens is 372 g/mol. The zero-order valence-electron chi connectivity index (χ0n) is 16.8. The third kappa shape index (κ3) is 4.05. The van der Waals surface area contributed by atoms with E-state index in [9.17, 15) is 14.4 Å². The number of nitrogens with one attached hydrogen (secondary N) is 3. The van der Waals surface area contributed by atoms with Crippen LogP contribution in [0.5, 0.6) is 0 Å². The van der Waals surface area contributed by atoms with Crippen LogP contribution >= 0.6 is 0 Å². The Morgan fingerprint density at radius 3 is 2.90 bits per heavy atom. The molecule has 0 radical (unpaired) electrons. The highest BCUT2D eigenvalue weighted by Crippen LogP contribution is 2.28. The van der Waals surface area contributed by atoms with Crippen LogP contribution in [0, 0.1) is 0 Å². The second kappa shape index (κ2) is 8.22. The Morgan fingerprint density at radius 1 is 1.31 bits per heavy atom. The number of amides is 3. The number of hydrogen-bond acceptors (Lipinski definition) is 6. The lowest BCUT2D eigenvalue weighted by Crippen LogP contribution is -2.52. The van der Waals surface area contributed by atoms with Gasteiger partial charge in [-0.1, -0.05) is 12.1 Å². The number of rotatable bonds is 7. The summed E-state index contributed by atoms with van der Waals surface area (Å²) in [6.45, 7) is 3.62. The molecule has 0 aromatic heterocycles. The lowest BCUT2D eigenvalue weighted by molar-refractivity contribution is -0.136. The minimum absolute atomic E-state index is 0.00990. The second-order valence-corrected chi connectivity index (χ2v) is 8.24. The van der Waals surface area contributed by atoms with E-state index < -0.39 is 6.04 Å². The van der Waals surface area contributed by atoms with Gasteiger partial charge in [-0.3, -0.25) is 19.7 Å².